The predicted octanol–water partition coefficient (Wildman–Crippen LogP) is 3.06. The van der Waals surface area contributed by atoms with Gasteiger partial charge < -0.3 is 25.3 Å². The third-order valence-electron chi connectivity index (χ3n) is 8.39. The van der Waals surface area contributed by atoms with E-state index in [1.807, 2.05) is 18.3 Å². The van der Waals surface area contributed by atoms with Crippen LogP contribution >= 0.6 is 0 Å². The summed E-state index contributed by atoms with van der Waals surface area (Å²) >= 11 is 0. The summed E-state index contributed by atoms with van der Waals surface area (Å²) < 4.78 is 15.1. The lowest BCUT2D eigenvalue weighted by Gasteiger charge is -2.38. The predicted molar refractivity (Wildman–Crippen MR) is 135 cm³/mol. The summed E-state index contributed by atoms with van der Waals surface area (Å²) in [5, 5.41) is 6.25. The normalized spacial score (nSPS) is 26.3. The minimum absolute atomic E-state index is 0.105. The zero-order valence-electron chi connectivity index (χ0n) is 20.6. The van der Waals surface area contributed by atoms with Crippen molar-refractivity contribution in [2.75, 3.05) is 48.8 Å². The molecule has 8 nitrogen and oxygen atoms in total. The molecule has 0 radical (unpaired) electrons. The number of carbonyl (C=O) groups excluding carboxylic acids is 1. The van der Waals surface area contributed by atoms with Crippen molar-refractivity contribution in [3.63, 3.8) is 0 Å². The van der Waals surface area contributed by atoms with E-state index in [1.165, 1.54) is 18.9 Å². The Morgan fingerprint density at radius 1 is 1.23 bits per heavy atom. The van der Waals surface area contributed by atoms with Crippen molar-refractivity contribution < 1.29 is 9.18 Å². The first-order valence-electron chi connectivity index (χ1n) is 12.9. The second-order valence-electron chi connectivity index (χ2n) is 10.7. The number of likely N-dealkylation sites (N-methyl/N-ethyl adjacent to an activating group) is 1. The summed E-state index contributed by atoms with van der Waals surface area (Å²) in [5.74, 6) is 1.15. The molecule has 0 bridgehead atoms. The molecular weight excluding hydrogens is 445 g/mol. The largest absolute Gasteiger partial charge is 0.368 e. The Hall–Kier alpha value is -2.94. The molecule has 1 unspecified atom stereocenters. The lowest BCUT2D eigenvalue weighted by atomic mass is 9.91. The van der Waals surface area contributed by atoms with E-state index in [0.29, 0.717) is 42.4 Å². The first-order chi connectivity index (χ1) is 16.9. The molecule has 35 heavy (non-hydrogen) atoms. The Bertz CT molecular complexity index is 1130. The molecule has 186 valence electrons. The van der Waals surface area contributed by atoms with E-state index in [1.54, 1.807) is 0 Å². The Labute approximate surface area is 205 Å². The number of nitrogens with one attached hydrogen (secondary N) is 2. The van der Waals surface area contributed by atoms with E-state index in [2.05, 4.69) is 44.4 Å². The molecular formula is C26H34FN7O. The van der Waals surface area contributed by atoms with Crippen LogP contribution in [0.1, 0.15) is 44.1 Å². The van der Waals surface area contributed by atoms with Gasteiger partial charge in [0.1, 0.15) is 17.2 Å². The third-order valence-corrected chi connectivity index (χ3v) is 8.39. The van der Waals surface area contributed by atoms with Crippen LogP contribution in [0.5, 0.6) is 0 Å². The highest BCUT2D eigenvalue weighted by molar-refractivity contribution is 5.94. The number of aromatic nitrogens is 2. The van der Waals surface area contributed by atoms with Gasteiger partial charge in [0.05, 0.1) is 5.69 Å². The average molecular weight is 480 g/mol. The maximum atomic E-state index is 15.1. The molecule has 2 aromatic rings. The molecule has 9 heteroatoms. The molecule has 3 aliphatic heterocycles. The first-order valence-corrected chi connectivity index (χ1v) is 12.9. The fourth-order valence-corrected chi connectivity index (χ4v) is 6.49. The van der Waals surface area contributed by atoms with Gasteiger partial charge in [-0.3, -0.25) is 4.79 Å². The zero-order chi connectivity index (χ0) is 24.2. The molecule has 3 fully saturated rings. The molecule has 4 aliphatic rings. The Morgan fingerprint density at radius 3 is 2.74 bits per heavy atom. The number of anilines is 4. The number of hydrogen-bond donors (Lipinski definition) is 2. The zero-order valence-corrected chi connectivity index (χ0v) is 20.6. The van der Waals surface area contributed by atoms with Crippen molar-refractivity contribution in [3.05, 3.63) is 35.8 Å². The van der Waals surface area contributed by atoms with Crippen LogP contribution in [-0.2, 0) is 11.2 Å². The minimum Gasteiger partial charge on any atom is -0.368 e. The van der Waals surface area contributed by atoms with Crippen LogP contribution in [0.2, 0.25) is 0 Å². The van der Waals surface area contributed by atoms with Gasteiger partial charge in [-0.15, -0.1) is 0 Å². The summed E-state index contributed by atoms with van der Waals surface area (Å²) in [4.78, 5) is 29.0. The highest BCUT2D eigenvalue weighted by Gasteiger charge is 2.55. The van der Waals surface area contributed by atoms with E-state index >= 15 is 4.39 Å². The first kappa shape index (κ1) is 22.5. The number of benzene rings is 1. The SMILES string of the molecule is CN(C)[C@H]1CCN(c2ccc(Nc3ncc4c(n3)N(C3CCCC3)C3(CCNC3=O)C4)cc2F)C1. The third kappa shape index (κ3) is 3.80. The fraction of sp³-hybridized carbons (Fsp3) is 0.577. The minimum atomic E-state index is -0.543. The van der Waals surface area contributed by atoms with Crippen molar-refractivity contribution in [1.82, 2.24) is 20.2 Å². The highest BCUT2D eigenvalue weighted by Crippen LogP contribution is 2.46. The lowest BCUT2D eigenvalue weighted by Crippen LogP contribution is -2.56. The van der Waals surface area contributed by atoms with Gasteiger partial charge in [-0.2, -0.15) is 4.98 Å². The van der Waals surface area contributed by atoms with Crippen molar-refractivity contribution >= 4 is 29.0 Å². The molecule has 2 atom stereocenters. The van der Waals surface area contributed by atoms with Crippen molar-refractivity contribution in [1.29, 1.82) is 0 Å². The number of halogens is 1. The Balaban J connectivity index is 1.24. The van der Waals surface area contributed by atoms with E-state index in [4.69, 9.17) is 4.98 Å². The van der Waals surface area contributed by atoms with Crippen LogP contribution in [0, 0.1) is 5.82 Å². The van der Waals surface area contributed by atoms with E-state index in [-0.39, 0.29) is 11.7 Å². The van der Waals surface area contributed by atoms with Gasteiger partial charge in [0.25, 0.3) is 0 Å². The Morgan fingerprint density at radius 2 is 2.06 bits per heavy atom. The second kappa shape index (κ2) is 8.62. The van der Waals surface area contributed by atoms with Gasteiger partial charge in [0.15, 0.2) is 0 Å². The van der Waals surface area contributed by atoms with Crippen LogP contribution in [-0.4, -0.2) is 72.1 Å². The topological polar surface area (TPSA) is 76.6 Å². The summed E-state index contributed by atoms with van der Waals surface area (Å²) in [5.41, 5.74) is 1.73. The molecule has 1 aromatic heterocycles. The maximum absolute atomic E-state index is 15.1. The van der Waals surface area contributed by atoms with Crippen molar-refractivity contribution in [2.45, 2.75) is 62.6 Å². The van der Waals surface area contributed by atoms with Crippen molar-refractivity contribution in [2.24, 2.45) is 0 Å². The van der Waals surface area contributed by atoms with Crippen LogP contribution < -0.4 is 20.4 Å². The molecule has 1 amide bonds. The molecule has 1 saturated carbocycles. The molecule has 6 rings (SSSR count). The van der Waals surface area contributed by atoms with Gasteiger partial charge in [0.2, 0.25) is 11.9 Å². The molecule has 4 heterocycles. The fourth-order valence-electron chi connectivity index (χ4n) is 6.49. The van der Waals surface area contributed by atoms with E-state index < -0.39 is 5.54 Å². The van der Waals surface area contributed by atoms with Crippen LogP contribution in [0.15, 0.2) is 24.4 Å². The smallest absolute Gasteiger partial charge is 0.246 e. The number of fused-ring (bicyclic) bond motifs is 1. The maximum Gasteiger partial charge on any atom is 0.246 e. The van der Waals surface area contributed by atoms with Crippen LogP contribution in [0.3, 0.4) is 0 Å². The molecule has 2 N–H and O–H groups in total. The van der Waals surface area contributed by atoms with Gasteiger partial charge in [-0.1, -0.05) is 12.8 Å². The van der Waals surface area contributed by atoms with Gasteiger partial charge in [-0.05, 0) is 58.0 Å². The number of rotatable bonds is 5. The molecule has 2 saturated heterocycles. The highest BCUT2D eigenvalue weighted by atomic mass is 19.1. The van der Waals surface area contributed by atoms with Crippen molar-refractivity contribution in [3.8, 4) is 0 Å². The number of nitrogens with zero attached hydrogens (tertiary/aromatic N) is 5. The van der Waals surface area contributed by atoms with Crippen LogP contribution in [0.25, 0.3) is 0 Å². The molecule has 1 spiro atoms. The lowest BCUT2D eigenvalue weighted by molar-refractivity contribution is -0.123. The Kier molecular flexibility index (Phi) is 5.55. The van der Waals surface area contributed by atoms with E-state index in [9.17, 15) is 4.79 Å². The van der Waals surface area contributed by atoms with E-state index in [0.717, 1.165) is 50.2 Å². The molecule has 1 aliphatic carbocycles. The number of carbonyl (C=O) groups is 1. The number of amides is 1. The summed E-state index contributed by atoms with van der Waals surface area (Å²) in [7, 11) is 4.14. The van der Waals surface area contributed by atoms with Gasteiger partial charge in [0, 0.05) is 55.6 Å². The molecule has 1 aromatic carbocycles. The summed E-state index contributed by atoms with van der Waals surface area (Å²) in [6.45, 7) is 2.39. The summed E-state index contributed by atoms with van der Waals surface area (Å²) in [6.07, 6.45) is 8.84. The average Bonchev–Trinajstić information content (AvgIpc) is 3.62. The van der Waals surface area contributed by atoms with Crippen LogP contribution in [0.4, 0.5) is 27.5 Å². The number of hydrogen-bond acceptors (Lipinski definition) is 7. The van der Waals surface area contributed by atoms with Gasteiger partial charge >= 0.3 is 0 Å². The monoisotopic (exact) mass is 479 g/mol. The van der Waals surface area contributed by atoms with Gasteiger partial charge in [-0.25, -0.2) is 9.37 Å². The quantitative estimate of drug-likeness (QED) is 0.683. The second-order valence-corrected chi connectivity index (χ2v) is 10.7. The standard InChI is InChI=1S/C26H34FN7O/c1-32(2)20-9-12-33(16-20)22-8-7-18(13-21(22)27)30-25-29-15-17-14-26(10-11-28-24(26)35)34(23(17)31-25)19-5-3-4-6-19/h7-8,13,15,19-20H,3-6,9-12,14,16H2,1-2H3,(H,28,35)(H,29,30,31)/t20-,26?/m0/s1. The summed E-state index contributed by atoms with van der Waals surface area (Å²) in [6, 6.07) is 6.02.